The van der Waals surface area contributed by atoms with Gasteiger partial charge in [0.25, 0.3) is 0 Å². The Morgan fingerprint density at radius 1 is 1.17 bits per heavy atom. The van der Waals surface area contributed by atoms with Crippen LogP contribution in [0, 0.1) is 5.92 Å². The second-order valence-electron chi connectivity index (χ2n) is 6.75. The summed E-state index contributed by atoms with van der Waals surface area (Å²) in [6, 6.07) is 6.05. The summed E-state index contributed by atoms with van der Waals surface area (Å²) < 4.78 is 11.6. The number of hydrogen-bond acceptors (Lipinski definition) is 3. The second-order valence-corrected chi connectivity index (χ2v) is 6.75. The molecule has 0 atom stereocenters. The van der Waals surface area contributed by atoms with Crippen LogP contribution in [0.1, 0.15) is 44.1 Å². The van der Waals surface area contributed by atoms with Gasteiger partial charge in [-0.2, -0.15) is 0 Å². The number of benzene rings is 1. The Hall–Kier alpha value is -1.91. The number of aliphatic imine (C=N–C) groups is 1. The fourth-order valence-electron chi connectivity index (χ4n) is 3.07. The quantitative estimate of drug-likeness (QED) is 0.595. The molecule has 2 fully saturated rings. The van der Waals surface area contributed by atoms with E-state index in [1.165, 1.54) is 25.7 Å². The van der Waals surface area contributed by atoms with E-state index in [9.17, 15) is 0 Å². The molecule has 2 aliphatic rings. The van der Waals surface area contributed by atoms with Crippen LogP contribution in [0.5, 0.6) is 11.5 Å². The smallest absolute Gasteiger partial charge is 0.191 e. The first-order valence-electron chi connectivity index (χ1n) is 9.06. The molecule has 2 aliphatic carbocycles. The minimum atomic E-state index is 0.336. The predicted octanol–water partition coefficient (Wildman–Crippen LogP) is 3.09. The largest absolute Gasteiger partial charge is 0.497 e. The highest BCUT2D eigenvalue weighted by molar-refractivity contribution is 5.79. The summed E-state index contributed by atoms with van der Waals surface area (Å²) in [5, 5.41) is 6.78. The van der Waals surface area contributed by atoms with Crippen molar-refractivity contribution in [3.63, 3.8) is 0 Å². The highest BCUT2D eigenvalue weighted by Gasteiger charge is 2.21. The Balaban J connectivity index is 1.61. The molecule has 0 heterocycles. The lowest BCUT2D eigenvalue weighted by Crippen LogP contribution is -2.38. The van der Waals surface area contributed by atoms with Crippen LogP contribution in [-0.2, 0) is 6.54 Å². The molecule has 1 aromatic carbocycles. The highest BCUT2D eigenvalue weighted by Crippen LogP contribution is 2.30. The Bertz CT molecular complexity index is 564. The van der Waals surface area contributed by atoms with Crippen LogP contribution < -0.4 is 20.1 Å². The van der Waals surface area contributed by atoms with Gasteiger partial charge in [-0.1, -0.05) is 0 Å². The predicted molar refractivity (Wildman–Crippen MR) is 96.8 cm³/mol. The van der Waals surface area contributed by atoms with Gasteiger partial charge in [0, 0.05) is 31.8 Å². The number of hydrogen-bond donors (Lipinski definition) is 2. The summed E-state index contributed by atoms with van der Waals surface area (Å²) >= 11 is 0. The minimum Gasteiger partial charge on any atom is -0.497 e. The van der Waals surface area contributed by atoms with Gasteiger partial charge < -0.3 is 20.1 Å². The lowest BCUT2D eigenvalue weighted by Gasteiger charge is -2.18. The number of nitrogens with zero attached hydrogens (tertiary/aromatic N) is 1. The van der Waals surface area contributed by atoms with Crippen molar-refractivity contribution in [1.82, 2.24) is 10.6 Å². The molecule has 0 amide bonds. The molecule has 0 spiro atoms. The van der Waals surface area contributed by atoms with E-state index in [0.29, 0.717) is 12.6 Å². The van der Waals surface area contributed by atoms with E-state index in [-0.39, 0.29) is 0 Å². The normalized spacial score (nSPS) is 18.5. The standard InChI is InChI=1S/C19H29N3O2/c1-20-19(21-12-14-7-8-14)22-13-15-9-10-17(23-2)11-18(15)24-16-5-3-4-6-16/h9-11,14,16H,3-8,12-13H2,1-2H3,(H2,20,21,22). The maximum absolute atomic E-state index is 6.24. The molecule has 0 unspecified atom stereocenters. The molecule has 0 aliphatic heterocycles. The third-order valence-electron chi connectivity index (χ3n) is 4.80. The Morgan fingerprint density at radius 3 is 2.62 bits per heavy atom. The zero-order valence-electron chi connectivity index (χ0n) is 14.8. The Kier molecular flexibility index (Phi) is 5.83. The number of ether oxygens (including phenoxy) is 2. The topological polar surface area (TPSA) is 54.9 Å². The number of methoxy groups -OCH3 is 1. The van der Waals surface area contributed by atoms with E-state index >= 15 is 0 Å². The zero-order chi connectivity index (χ0) is 16.8. The van der Waals surface area contributed by atoms with Gasteiger partial charge in [-0.05, 0) is 56.6 Å². The summed E-state index contributed by atoms with van der Waals surface area (Å²) in [7, 11) is 3.50. The molecular weight excluding hydrogens is 302 g/mol. The molecule has 132 valence electrons. The highest BCUT2D eigenvalue weighted by atomic mass is 16.5. The van der Waals surface area contributed by atoms with Crippen molar-refractivity contribution in [2.45, 2.75) is 51.2 Å². The van der Waals surface area contributed by atoms with E-state index in [4.69, 9.17) is 9.47 Å². The monoisotopic (exact) mass is 331 g/mol. The lowest BCUT2D eigenvalue weighted by molar-refractivity contribution is 0.207. The van der Waals surface area contributed by atoms with Gasteiger partial charge in [0.1, 0.15) is 11.5 Å². The molecule has 1 aromatic rings. The Labute approximate surface area is 144 Å². The summed E-state index contributed by atoms with van der Waals surface area (Å²) in [6.45, 7) is 1.70. The van der Waals surface area contributed by atoms with Crippen LogP contribution >= 0.6 is 0 Å². The average Bonchev–Trinajstić information content (AvgIpc) is 3.30. The first-order chi connectivity index (χ1) is 11.8. The van der Waals surface area contributed by atoms with Crippen molar-refractivity contribution >= 4 is 5.96 Å². The van der Waals surface area contributed by atoms with Crippen molar-refractivity contribution in [3.05, 3.63) is 23.8 Å². The van der Waals surface area contributed by atoms with Gasteiger partial charge in [0.15, 0.2) is 5.96 Å². The van der Waals surface area contributed by atoms with Crippen molar-refractivity contribution in [2.75, 3.05) is 20.7 Å². The van der Waals surface area contributed by atoms with E-state index in [2.05, 4.69) is 21.7 Å². The molecule has 0 bridgehead atoms. The van der Waals surface area contributed by atoms with Crippen LogP contribution in [0.2, 0.25) is 0 Å². The van der Waals surface area contributed by atoms with Crippen LogP contribution in [0.15, 0.2) is 23.2 Å². The van der Waals surface area contributed by atoms with Gasteiger partial charge >= 0.3 is 0 Å². The van der Waals surface area contributed by atoms with Crippen LogP contribution in [0.25, 0.3) is 0 Å². The van der Waals surface area contributed by atoms with Gasteiger partial charge in [0.05, 0.1) is 13.2 Å². The first-order valence-corrected chi connectivity index (χ1v) is 9.06. The third-order valence-corrected chi connectivity index (χ3v) is 4.80. The molecule has 0 radical (unpaired) electrons. The van der Waals surface area contributed by atoms with Crippen molar-refractivity contribution in [1.29, 1.82) is 0 Å². The molecule has 5 nitrogen and oxygen atoms in total. The molecule has 3 rings (SSSR count). The lowest BCUT2D eigenvalue weighted by atomic mass is 10.2. The maximum atomic E-state index is 6.24. The number of nitrogens with one attached hydrogen (secondary N) is 2. The fraction of sp³-hybridized carbons (Fsp3) is 0.632. The fourth-order valence-corrected chi connectivity index (χ4v) is 3.07. The third kappa shape index (κ3) is 4.79. The molecule has 0 aromatic heterocycles. The molecule has 0 saturated heterocycles. The van der Waals surface area contributed by atoms with E-state index in [1.54, 1.807) is 7.11 Å². The summed E-state index contributed by atoms with van der Waals surface area (Å²) in [4.78, 5) is 4.30. The van der Waals surface area contributed by atoms with Crippen molar-refractivity contribution in [2.24, 2.45) is 10.9 Å². The molecular formula is C19H29N3O2. The molecule has 2 N–H and O–H groups in total. The van der Waals surface area contributed by atoms with Crippen LogP contribution in [0.3, 0.4) is 0 Å². The van der Waals surface area contributed by atoms with Crippen molar-refractivity contribution in [3.8, 4) is 11.5 Å². The summed E-state index contributed by atoms with van der Waals surface area (Å²) in [5.41, 5.74) is 1.14. The summed E-state index contributed by atoms with van der Waals surface area (Å²) in [6.07, 6.45) is 7.83. The van der Waals surface area contributed by atoms with E-state index < -0.39 is 0 Å². The molecule has 5 heteroatoms. The number of rotatable bonds is 7. The second kappa shape index (κ2) is 8.27. The minimum absolute atomic E-state index is 0.336. The van der Waals surface area contributed by atoms with Gasteiger partial charge in [-0.25, -0.2) is 0 Å². The average molecular weight is 331 g/mol. The van der Waals surface area contributed by atoms with E-state index in [1.807, 2.05) is 19.2 Å². The molecule has 24 heavy (non-hydrogen) atoms. The zero-order valence-corrected chi connectivity index (χ0v) is 14.8. The van der Waals surface area contributed by atoms with Gasteiger partial charge in [-0.3, -0.25) is 4.99 Å². The summed E-state index contributed by atoms with van der Waals surface area (Å²) in [5.74, 6) is 3.43. The number of guanidine groups is 1. The SMILES string of the molecule is CN=C(NCc1ccc(OC)cc1OC1CCCC1)NCC1CC1. The van der Waals surface area contributed by atoms with E-state index in [0.717, 1.165) is 48.3 Å². The first kappa shape index (κ1) is 16.9. The Morgan fingerprint density at radius 2 is 1.96 bits per heavy atom. The van der Waals surface area contributed by atoms with Crippen LogP contribution in [0.4, 0.5) is 0 Å². The van der Waals surface area contributed by atoms with Gasteiger partial charge in [0.2, 0.25) is 0 Å². The van der Waals surface area contributed by atoms with Crippen molar-refractivity contribution < 1.29 is 9.47 Å². The maximum Gasteiger partial charge on any atom is 0.191 e. The van der Waals surface area contributed by atoms with Crippen LogP contribution in [-0.4, -0.2) is 32.8 Å². The molecule has 2 saturated carbocycles. The van der Waals surface area contributed by atoms with Gasteiger partial charge in [-0.15, -0.1) is 0 Å².